The van der Waals surface area contributed by atoms with Gasteiger partial charge in [0.05, 0.1) is 16.4 Å². The van der Waals surface area contributed by atoms with Crippen LogP contribution in [0.3, 0.4) is 0 Å². The van der Waals surface area contributed by atoms with Crippen molar-refractivity contribution < 1.29 is 9.90 Å². The standard InChI is InChI=1S/C45H55N9O2S/c1-29-31-11-9-20-53(39(31)51-50-38(29)49-41-47-34-12-5-6-13-35(34)57-41)36-15-14-32(37(48-36)40(55)56)33-21-46-54(30(33)2)28-45-25-42(3)22-43(4,26-45)24-44(23-42,27-45)16-10-19-52-17-7-8-18-52/h5-6,12-15,21H,7-11,16-20,22-28H2,1-4H3,(H,55,56)(H,47,49,50)/t42-,43+,44-,45-. The molecule has 4 atom stereocenters. The summed E-state index contributed by atoms with van der Waals surface area (Å²) in [7, 11) is 0. The van der Waals surface area contributed by atoms with E-state index >= 15 is 0 Å². The summed E-state index contributed by atoms with van der Waals surface area (Å²) in [6.07, 6.45) is 16.9. The number of thiazole rings is 1. The van der Waals surface area contributed by atoms with Gasteiger partial charge in [0, 0.05) is 41.0 Å². The van der Waals surface area contributed by atoms with E-state index in [1.54, 1.807) is 11.3 Å². The lowest BCUT2D eigenvalue weighted by atomic mass is 9.35. The van der Waals surface area contributed by atoms with Crippen molar-refractivity contribution >= 4 is 50.1 Å². The molecule has 2 N–H and O–H groups in total. The van der Waals surface area contributed by atoms with Crippen LogP contribution < -0.4 is 10.2 Å². The van der Waals surface area contributed by atoms with Crippen LogP contribution >= 0.6 is 11.3 Å². The number of hydrogen-bond acceptors (Lipinski definition) is 10. The number of benzene rings is 1. The first-order valence-electron chi connectivity index (χ1n) is 21.2. The zero-order valence-corrected chi connectivity index (χ0v) is 34.7. The minimum atomic E-state index is -1.05. The Hall–Kier alpha value is -4.42. The summed E-state index contributed by atoms with van der Waals surface area (Å²) in [5, 5.41) is 29.1. The van der Waals surface area contributed by atoms with Crippen LogP contribution in [0, 0.1) is 35.5 Å². The number of nitrogens with one attached hydrogen (secondary N) is 1. The molecule has 57 heavy (non-hydrogen) atoms. The zero-order valence-electron chi connectivity index (χ0n) is 33.9. The van der Waals surface area contributed by atoms with E-state index in [9.17, 15) is 9.90 Å². The molecule has 5 aromatic rings. The number of rotatable bonds is 11. The second-order valence-corrected chi connectivity index (χ2v) is 20.4. The maximum absolute atomic E-state index is 13.0. The molecule has 1 aromatic carbocycles. The topological polar surface area (TPSA) is 125 Å². The Balaban J connectivity index is 0.906. The normalized spacial score (nSPS) is 28.0. The van der Waals surface area contributed by atoms with Crippen molar-refractivity contribution in [2.24, 2.45) is 21.7 Å². The van der Waals surface area contributed by atoms with Crippen LogP contribution in [-0.4, -0.2) is 72.1 Å². The first-order valence-corrected chi connectivity index (χ1v) is 22.0. The van der Waals surface area contributed by atoms with Gasteiger partial charge in [-0.1, -0.05) is 37.3 Å². The monoisotopic (exact) mass is 785 g/mol. The Morgan fingerprint density at radius 3 is 2.42 bits per heavy atom. The summed E-state index contributed by atoms with van der Waals surface area (Å²) in [6, 6.07) is 11.9. The molecule has 6 heterocycles. The van der Waals surface area contributed by atoms with Crippen molar-refractivity contribution in [2.45, 2.75) is 111 Å². The van der Waals surface area contributed by atoms with E-state index in [0.29, 0.717) is 40.0 Å². The molecular formula is C45H55N9O2S. The highest BCUT2D eigenvalue weighted by Crippen LogP contribution is 2.75. The number of anilines is 4. The van der Waals surface area contributed by atoms with Crippen LogP contribution in [0.15, 0.2) is 42.6 Å². The van der Waals surface area contributed by atoms with Crippen LogP contribution in [0.5, 0.6) is 0 Å². The average molecular weight is 786 g/mol. The molecule has 4 bridgehead atoms. The molecule has 6 aliphatic rings. The van der Waals surface area contributed by atoms with Gasteiger partial charge in [-0.3, -0.25) is 4.68 Å². The van der Waals surface area contributed by atoms with E-state index in [0.717, 1.165) is 62.9 Å². The molecule has 0 unspecified atom stereocenters. The summed E-state index contributed by atoms with van der Waals surface area (Å²) >= 11 is 1.59. The number of pyridine rings is 1. The van der Waals surface area contributed by atoms with Crippen molar-refractivity contribution in [1.29, 1.82) is 0 Å². The lowest BCUT2D eigenvalue weighted by Gasteiger charge is -2.70. The van der Waals surface area contributed by atoms with Gasteiger partial charge in [0.25, 0.3) is 0 Å². The van der Waals surface area contributed by atoms with Crippen molar-refractivity contribution in [2.75, 3.05) is 36.4 Å². The Morgan fingerprint density at radius 1 is 0.877 bits per heavy atom. The summed E-state index contributed by atoms with van der Waals surface area (Å²) in [6.45, 7) is 14.7. The van der Waals surface area contributed by atoms with Gasteiger partial charge >= 0.3 is 5.97 Å². The van der Waals surface area contributed by atoms with E-state index in [1.807, 2.05) is 41.4 Å². The zero-order chi connectivity index (χ0) is 39.2. The van der Waals surface area contributed by atoms with Crippen molar-refractivity contribution in [3.8, 4) is 11.1 Å². The Kier molecular flexibility index (Phi) is 8.79. The van der Waals surface area contributed by atoms with Gasteiger partial charge in [0.15, 0.2) is 22.5 Å². The molecule has 1 saturated heterocycles. The number of carboxylic acid groups (broad SMARTS) is 1. The molecule has 0 radical (unpaired) electrons. The highest BCUT2D eigenvalue weighted by Gasteiger charge is 2.65. The van der Waals surface area contributed by atoms with E-state index < -0.39 is 5.97 Å². The minimum Gasteiger partial charge on any atom is -0.476 e. The third-order valence-electron chi connectivity index (χ3n) is 14.3. The fourth-order valence-corrected chi connectivity index (χ4v) is 14.3. The Labute approximate surface area is 339 Å². The third kappa shape index (κ3) is 6.60. The predicted molar refractivity (Wildman–Crippen MR) is 226 cm³/mol. The van der Waals surface area contributed by atoms with Crippen LogP contribution in [-0.2, 0) is 13.0 Å². The highest BCUT2D eigenvalue weighted by atomic mass is 32.1. The number of aromatic nitrogens is 6. The molecule has 0 spiro atoms. The summed E-state index contributed by atoms with van der Waals surface area (Å²) in [5.74, 6) is 0.918. The van der Waals surface area contributed by atoms with E-state index in [-0.39, 0.29) is 11.1 Å². The van der Waals surface area contributed by atoms with Gasteiger partial charge in [-0.15, -0.1) is 10.2 Å². The minimum absolute atomic E-state index is 0.0351. The van der Waals surface area contributed by atoms with E-state index in [4.69, 9.17) is 15.1 Å². The molecule has 2 aliphatic heterocycles. The molecule has 4 aliphatic carbocycles. The van der Waals surface area contributed by atoms with Crippen LogP contribution in [0.2, 0.25) is 0 Å². The molecule has 4 saturated carbocycles. The van der Waals surface area contributed by atoms with Gasteiger partial charge in [0.1, 0.15) is 5.82 Å². The predicted octanol–water partition coefficient (Wildman–Crippen LogP) is 9.73. The average Bonchev–Trinajstić information content (AvgIpc) is 3.91. The molecular weight excluding hydrogens is 731 g/mol. The van der Waals surface area contributed by atoms with Crippen molar-refractivity contribution in [1.82, 2.24) is 34.8 Å². The fourth-order valence-electron chi connectivity index (χ4n) is 13.4. The molecule has 4 aromatic heterocycles. The molecule has 5 fully saturated rings. The van der Waals surface area contributed by atoms with Gasteiger partial charge < -0.3 is 20.2 Å². The van der Waals surface area contributed by atoms with Crippen molar-refractivity contribution in [3.05, 3.63) is 65.1 Å². The number of aromatic carboxylic acids is 1. The number of carbonyl (C=O) groups is 1. The lowest BCUT2D eigenvalue weighted by molar-refractivity contribution is -0.198. The SMILES string of the molecule is Cc1c(Nc2nc3ccccc3s2)nnc2c1CCCN2c1ccc(-c2cnn(C[C@]34C[C@@]5(C)C[C@](C)(C[C@](CCCN6CCCC6)(C5)C3)C4)c2C)c(C(=O)O)n1. The molecule has 0 amide bonds. The van der Waals surface area contributed by atoms with E-state index in [1.165, 1.54) is 83.8 Å². The second-order valence-electron chi connectivity index (χ2n) is 19.3. The number of fused-ring (bicyclic) bond motifs is 2. The van der Waals surface area contributed by atoms with Crippen LogP contribution in [0.1, 0.15) is 112 Å². The summed E-state index contributed by atoms with van der Waals surface area (Å²) < 4.78 is 3.31. The number of likely N-dealkylation sites (tertiary alicyclic amines) is 1. The highest BCUT2D eigenvalue weighted by molar-refractivity contribution is 7.22. The van der Waals surface area contributed by atoms with Gasteiger partial charge in [-0.05, 0) is 156 Å². The molecule has 11 nitrogen and oxygen atoms in total. The molecule has 11 rings (SSSR count). The number of hydrogen-bond donors (Lipinski definition) is 2. The summed E-state index contributed by atoms with van der Waals surface area (Å²) in [4.78, 5) is 27.2. The van der Waals surface area contributed by atoms with Crippen molar-refractivity contribution in [3.63, 3.8) is 0 Å². The number of nitrogens with zero attached hydrogens (tertiary/aromatic N) is 8. The van der Waals surface area contributed by atoms with Crippen LogP contribution in [0.4, 0.5) is 22.6 Å². The third-order valence-corrected chi connectivity index (χ3v) is 15.3. The van der Waals surface area contributed by atoms with Gasteiger partial charge in [-0.2, -0.15) is 5.10 Å². The Bertz CT molecular complexity index is 2330. The number of para-hydroxylation sites is 1. The summed E-state index contributed by atoms with van der Waals surface area (Å²) in [5.41, 5.74) is 6.92. The lowest BCUT2D eigenvalue weighted by Crippen LogP contribution is -2.60. The van der Waals surface area contributed by atoms with E-state index in [2.05, 4.69) is 58.9 Å². The maximum Gasteiger partial charge on any atom is 0.355 e. The quantitative estimate of drug-likeness (QED) is 0.134. The smallest absolute Gasteiger partial charge is 0.355 e. The van der Waals surface area contributed by atoms with Gasteiger partial charge in [-0.25, -0.2) is 14.8 Å². The molecule has 12 heteroatoms. The maximum atomic E-state index is 13.0. The first-order chi connectivity index (χ1) is 27.4. The molecule has 298 valence electrons. The fraction of sp³-hybridized carbons (Fsp3) is 0.556. The van der Waals surface area contributed by atoms with Crippen LogP contribution in [0.25, 0.3) is 21.3 Å². The Morgan fingerprint density at radius 2 is 1.65 bits per heavy atom. The largest absolute Gasteiger partial charge is 0.476 e. The first kappa shape index (κ1) is 36.9. The van der Waals surface area contributed by atoms with Gasteiger partial charge in [0.2, 0.25) is 0 Å². The number of carboxylic acids is 1. The second kappa shape index (κ2) is 13.6.